The maximum absolute atomic E-state index is 10.9. The number of carboxylic acid groups (broad SMARTS) is 1. The van der Waals surface area contributed by atoms with E-state index in [1.165, 1.54) is 43.4 Å². The lowest BCUT2D eigenvalue weighted by atomic mass is 9.75. The predicted molar refractivity (Wildman–Crippen MR) is 73.6 cm³/mol. The first-order chi connectivity index (χ1) is 8.74. The second kappa shape index (κ2) is 4.92. The molecule has 2 fully saturated rings. The molecule has 1 saturated heterocycles. The quantitative estimate of drug-likeness (QED) is 0.890. The van der Waals surface area contributed by atoms with Crippen molar-refractivity contribution in [2.75, 3.05) is 18.0 Å². The molecule has 0 bridgehead atoms. The van der Waals surface area contributed by atoms with Crippen molar-refractivity contribution in [3.63, 3.8) is 0 Å². The fourth-order valence-electron chi connectivity index (χ4n) is 3.44. The number of rotatable bonds is 2. The topological polar surface area (TPSA) is 40.5 Å². The highest BCUT2D eigenvalue weighted by atomic mass is 32.1. The van der Waals surface area contributed by atoms with Crippen LogP contribution in [0.25, 0.3) is 0 Å². The number of hydrogen-bond donors (Lipinski definition) is 1. The van der Waals surface area contributed by atoms with E-state index < -0.39 is 5.97 Å². The van der Waals surface area contributed by atoms with Gasteiger partial charge < -0.3 is 10.0 Å². The maximum atomic E-state index is 10.9. The number of piperidine rings is 1. The second-order valence-corrected chi connectivity index (χ2v) is 6.42. The summed E-state index contributed by atoms with van der Waals surface area (Å²) >= 11 is 1.34. The van der Waals surface area contributed by atoms with Crippen molar-refractivity contribution in [2.24, 2.45) is 11.8 Å². The van der Waals surface area contributed by atoms with Gasteiger partial charge in [-0.25, -0.2) is 4.79 Å². The zero-order chi connectivity index (χ0) is 12.5. The van der Waals surface area contributed by atoms with Crippen LogP contribution in [0.4, 0.5) is 5.69 Å². The minimum absolute atomic E-state index is 0.454. The highest BCUT2D eigenvalue weighted by Gasteiger charge is 2.31. The third-order valence-electron chi connectivity index (χ3n) is 4.45. The van der Waals surface area contributed by atoms with Gasteiger partial charge in [-0.2, -0.15) is 0 Å². The van der Waals surface area contributed by atoms with Crippen molar-refractivity contribution in [3.05, 3.63) is 16.3 Å². The van der Waals surface area contributed by atoms with Crippen LogP contribution in [-0.2, 0) is 0 Å². The summed E-state index contributed by atoms with van der Waals surface area (Å²) in [7, 11) is 0. The molecule has 2 unspecified atom stereocenters. The van der Waals surface area contributed by atoms with Gasteiger partial charge in [-0.1, -0.05) is 19.3 Å². The van der Waals surface area contributed by atoms with Crippen molar-refractivity contribution in [2.45, 2.75) is 32.1 Å². The highest BCUT2D eigenvalue weighted by Crippen LogP contribution is 2.38. The minimum atomic E-state index is -0.807. The molecule has 2 atom stereocenters. The van der Waals surface area contributed by atoms with Gasteiger partial charge in [0, 0.05) is 24.2 Å². The molecule has 2 aliphatic rings. The van der Waals surface area contributed by atoms with Crippen LogP contribution in [0.15, 0.2) is 11.4 Å². The normalized spacial score (nSPS) is 27.9. The molecule has 1 aliphatic carbocycles. The highest BCUT2D eigenvalue weighted by molar-refractivity contribution is 7.12. The molecule has 0 spiro atoms. The first kappa shape index (κ1) is 12.0. The Balaban J connectivity index is 1.71. The van der Waals surface area contributed by atoms with E-state index in [1.807, 2.05) is 11.4 Å². The van der Waals surface area contributed by atoms with Crippen molar-refractivity contribution in [1.29, 1.82) is 0 Å². The standard InChI is InChI=1S/C14H19NO2S/c16-14(17)13-7-12(9-18-13)15-6-5-10-3-1-2-4-11(10)8-15/h7,9-11H,1-6,8H2,(H,16,17). The largest absolute Gasteiger partial charge is 0.477 e. The first-order valence-corrected chi connectivity index (χ1v) is 7.69. The Kier molecular flexibility index (Phi) is 3.29. The van der Waals surface area contributed by atoms with Gasteiger partial charge in [-0.15, -0.1) is 11.3 Å². The summed E-state index contributed by atoms with van der Waals surface area (Å²) in [5.41, 5.74) is 1.11. The summed E-state index contributed by atoms with van der Waals surface area (Å²) in [5.74, 6) is 0.951. The van der Waals surface area contributed by atoms with Crippen molar-refractivity contribution in [1.82, 2.24) is 0 Å². The fraction of sp³-hybridized carbons (Fsp3) is 0.643. The molecule has 98 valence electrons. The van der Waals surface area contributed by atoms with Crippen molar-refractivity contribution >= 4 is 23.0 Å². The summed E-state index contributed by atoms with van der Waals surface area (Å²) in [5, 5.41) is 11.0. The summed E-state index contributed by atoms with van der Waals surface area (Å²) in [6, 6.07) is 1.83. The Hall–Kier alpha value is -1.03. The van der Waals surface area contributed by atoms with Crippen molar-refractivity contribution < 1.29 is 9.90 Å². The molecule has 1 aromatic heterocycles. The molecule has 0 radical (unpaired) electrons. The third kappa shape index (κ3) is 2.26. The Bertz CT molecular complexity index is 443. The monoisotopic (exact) mass is 265 g/mol. The molecular weight excluding hydrogens is 246 g/mol. The van der Waals surface area contributed by atoms with E-state index in [0.29, 0.717) is 4.88 Å². The van der Waals surface area contributed by atoms with Crippen LogP contribution in [0.2, 0.25) is 0 Å². The molecular formula is C14H19NO2S. The van der Waals surface area contributed by atoms with Crippen LogP contribution in [0, 0.1) is 11.8 Å². The van der Waals surface area contributed by atoms with E-state index in [2.05, 4.69) is 4.90 Å². The average molecular weight is 265 g/mol. The SMILES string of the molecule is O=C(O)c1cc(N2CCC3CCCCC3C2)cs1. The molecule has 1 aromatic rings. The molecule has 3 rings (SSSR count). The van der Waals surface area contributed by atoms with Gasteiger partial charge in [0.1, 0.15) is 4.88 Å². The Morgan fingerprint density at radius 1 is 1.28 bits per heavy atom. The molecule has 0 aromatic carbocycles. The molecule has 2 heterocycles. The zero-order valence-electron chi connectivity index (χ0n) is 10.5. The van der Waals surface area contributed by atoms with Gasteiger partial charge in [0.2, 0.25) is 0 Å². The van der Waals surface area contributed by atoms with E-state index in [0.717, 1.165) is 30.6 Å². The fourth-order valence-corrected chi connectivity index (χ4v) is 4.19. The summed E-state index contributed by atoms with van der Waals surface area (Å²) < 4.78 is 0. The number of fused-ring (bicyclic) bond motifs is 1. The smallest absolute Gasteiger partial charge is 0.345 e. The maximum Gasteiger partial charge on any atom is 0.345 e. The van der Waals surface area contributed by atoms with Crippen LogP contribution in [0.1, 0.15) is 41.8 Å². The number of nitrogens with zero attached hydrogens (tertiary/aromatic N) is 1. The summed E-state index contributed by atoms with van der Waals surface area (Å²) in [6.07, 6.45) is 6.82. The molecule has 0 amide bonds. The summed E-state index contributed by atoms with van der Waals surface area (Å²) in [6.45, 7) is 2.22. The first-order valence-electron chi connectivity index (χ1n) is 6.81. The Morgan fingerprint density at radius 2 is 2.06 bits per heavy atom. The van der Waals surface area contributed by atoms with Gasteiger partial charge >= 0.3 is 5.97 Å². The minimum Gasteiger partial charge on any atom is -0.477 e. The Labute approximate surface area is 111 Å². The molecule has 1 N–H and O–H groups in total. The number of aromatic carboxylic acids is 1. The lowest BCUT2D eigenvalue weighted by Crippen LogP contribution is -2.41. The zero-order valence-corrected chi connectivity index (χ0v) is 11.3. The van der Waals surface area contributed by atoms with Crippen LogP contribution in [0.3, 0.4) is 0 Å². The van der Waals surface area contributed by atoms with Crippen LogP contribution < -0.4 is 4.90 Å². The van der Waals surface area contributed by atoms with E-state index in [9.17, 15) is 4.79 Å². The van der Waals surface area contributed by atoms with E-state index in [4.69, 9.17) is 5.11 Å². The second-order valence-electron chi connectivity index (χ2n) is 5.51. The number of thiophene rings is 1. The van der Waals surface area contributed by atoms with Crippen molar-refractivity contribution in [3.8, 4) is 0 Å². The van der Waals surface area contributed by atoms with Gasteiger partial charge in [-0.05, 0) is 30.7 Å². The van der Waals surface area contributed by atoms with Gasteiger partial charge in [0.05, 0.1) is 0 Å². The van der Waals surface area contributed by atoms with Crippen LogP contribution in [0.5, 0.6) is 0 Å². The van der Waals surface area contributed by atoms with Gasteiger partial charge in [0.25, 0.3) is 0 Å². The number of carboxylic acids is 1. The molecule has 4 heteroatoms. The van der Waals surface area contributed by atoms with Gasteiger partial charge in [0.15, 0.2) is 0 Å². The number of carbonyl (C=O) groups is 1. The molecule has 1 aliphatic heterocycles. The molecule has 18 heavy (non-hydrogen) atoms. The summed E-state index contributed by atoms with van der Waals surface area (Å²) in [4.78, 5) is 13.8. The molecule has 3 nitrogen and oxygen atoms in total. The van der Waals surface area contributed by atoms with E-state index in [1.54, 1.807) is 0 Å². The Morgan fingerprint density at radius 3 is 2.78 bits per heavy atom. The van der Waals surface area contributed by atoms with Crippen LogP contribution >= 0.6 is 11.3 Å². The molecule has 1 saturated carbocycles. The van der Waals surface area contributed by atoms with E-state index in [-0.39, 0.29) is 0 Å². The average Bonchev–Trinajstić information content (AvgIpc) is 2.88. The number of anilines is 1. The van der Waals surface area contributed by atoms with Gasteiger partial charge in [-0.3, -0.25) is 0 Å². The predicted octanol–water partition coefficient (Wildman–Crippen LogP) is 3.46. The van der Waals surface area contributed by atoms with E-state index >= 15 is 0 Å². The lowest BCUT2D eigenvalue weighted by molar-refractivity contribution is 0.0702. The van der Waals surface area contributed by atoms with Crippen LogP contribution in [-0.4, -0.2) is 24.2 Å². The number of hydrogen-bond acceptors (Lipinski definition) is 3. The lowest BCUT2D eigenvalue weighted by Gasteiger charge is -2.42. The third-order valence-corrected chi connectivity index (χ3v) is 5.36.